The molecule has 0 spiro atoms. The summed E-state index contributed by atoms with van der Waals surface area (Å²) < 4.78 is 2.31. The minimum Gasteiger partial charge on any atom is -0.349 e. The summed E-state index contributed by atoms with van der Waals surface area (Å²) in [4.78, 5) is 17.2. The molecule has 4 nitrogen and oxygen atoms in total. The number of para-hydroxylation sites is 2. The van der Waals surface area contributed by atoms with Gasteiger partial charge in [-0.05, 0) is 31.4 Å². The van der Waals surface area contributed by atoms with Crippen LogP contribution in [0.5, 0.6) is 0 Å². The summed E-state index contributed by atoms with van der Waals surface area (Å²) in [7, 11) is 0. The molecule has 0 aliphatic carbocycles. The standard InChI is InChI=1S/C24H39N3O/c1-4-7-8-9-10-11-12-15-18-27-22-17-14-13-16-21(22)26-23(27)19-25-24(28)20(5-2)6-3/h13-14,16-17,20H,4-12,15,18-19H2,1-3H3,(H,25,28). The molecule has 1 N–H and O–H groups in total. The number of nitrogens with zero attached hydrogens (tertiary/aromatic N) is 2. The number of carbonyl (C=O) groups excluding carboxylic acids is 1. The molecule has 0 saturated heterocycles. The van der Waals surface area contributed by atoms with E-state index in [9.17, 15) is 4.79 Å². The van der Waals surface area contributed by atoms with E-state index in [1.807, 2.05) is 6.07 Å². The van der Waals surface area contributed by atoms with Gasteiger partial charge in [-0.25, -0.2) is 4.98 Å². The molecule has 0 fully saturated rings. The first kappa shape index (κ1) is 22.4. The molecule has 1 aromatic heterocycles. The fourth-order valence-electron chi connectivity index (χ4n) is 3.88. The molecule has 2 aromatic rings. The lowest BCUT2D eigenvalue weighted by atomic mass is 10.0. The normalized spacial score (nSPS) is 11.4. The van der Waals surface area contributed by atoms with Crippen molar-refractivity contribution in [1.82, 2.24) is 14.9 Å². The molecule has 0 saturated carbocycles. The molecule has 2 rings (SSSR count). The summed E-state index contributed by atoms with van der Waals surface area (Å²) in [6, 6.07) is 8.30. The lowest BCUT2D eigenvalue weighted by Crippen LogP contribution is -2.30. The summed E-state index contributed by atoms with van der Waals surface area (Å²) >= 11 is 0. The highest BCUT2D eigenvalue weighted by Gasteiger charge is 2.16. The predicted molar refractivity (Wildman–Crippen MR) is 118 cm³/mol. The number of benzene rings is 1. The minimum atomic E-state index is 0.102. The summed E-state index contributed by atoms with van der Waals surface area (Å²) in [6.07, 6.45) is 12.3. The Balaban J connectivity index is 1.91. The number of nitrogens with one attached hydrogen (secondary N) is 1. The van der Waals surface area contributed by atoms with Gasteiger partial charge in [0.2, 0.25) is 5.91 Å². The van der Waals surface area contributed by atoms with Crippen LogP contribution in [0.25, 0.3) is 11.0 Å². The van der Waals surface area contributed by atoms with Gasteiger partial charge in [-0.1, -0.05) is 77.8 Å². The molecule has 0 aliphatic rings. The molecule has 4 heteroatoms. The molecule has 1 amide bonds. The Hall–Kier alpha value is -1.84. The van der Waals surface area contributed by atoms with Crippen LogP contribution in [0, 0.1) is 5.92 Å². The largest absolute Gasteiger partial charge is 0.349 e. The number of rotatable bonds is 14. The van der Waals surface area contributed by atoms with Gasteiger partial charge in [-0.2, -0.15) is 0 Å². The van der Waals surface area contributed by atoms with Crippen molar-refractivity contribution in [3.8, 4) is 0 Å². The van der Waals surface area contributed by atoms with E-state index in [0.717, 1.165) is 30.7 Å². The van der Waals surface area contributed by atoms with Crippen molar-refractivity contribution in [2.45, 2.75) is 98.1 Å². The van der Waals surface area contributed by atoms with Crippen molar-refractivity contribution in [3.63, 3.8) is 0 Å². The average molecular weight is 386 g/mol. The fourth-order valence-corrected chi connectivity index (χ4v) is 3.88. The van der Waals surface area contributed by atoms with Crippen LogP contribution in [0.4, 0.5) is 0 Å². The molecule has 0 aliphatic heterocycles. The van der Waals surface area contributed by atoms with Crippen LogP contribution in [0.2, 0.25) is 0 Å². The first-order chi connectivity index (χ1) is 13.7. The van der Waals surface area contributed by atoms with Crippen LogP contribution in [0.1, 0.15) is 90.8 Å². The van der Waals surface area contributed by atoms with Crippen molar-refractivity contribution in [2.75, 3.05) is 0 Å². The smallest absolute Gasteiger partial charge is 0.223 e. The Morgan fingerprint density at radius 1 is 0.964 bits per heavy atom. The average Bonchev–Trinajstić information content (AvgIpc) is 3.07. The first-order valence-electron chi connectivity index (χ1n) is 11.4. The third-order valence-electron chi connectivity index (χ3n) is 5.75. The highest BCUT2D eigenvalue weighted by molar-refractivity contribution is 5.79. The zero-order valence-corrected chi connectivity index (χ0v) is 18.2. The van der Waals surface area contributed by atoms with Crippen molar-refractivity contribution in [2.24, 2.45) is 5.92 Å². The number of imidazole rings is 1. The topological polar surface area (TPSA) is 46.9 Å². The van der Waals surface area contributed by atoms with E-state index in [2.05, 4.69) is 48.9 Å². The van der Waals surface area contributed by atoms with Crippen molar-refractivity contribution in [1.29, 1.82) is 0 Å². The second kappa shape index (κ2) is 12.6. The van der Waals surface area contributed by atoms with Crippen LogP contribution in [0.3, 0.4) is 0 Å². The highest BCUT2D eigenvalue weighted by atomic mass is 16.1. The van der Waals surface area contributed by atoms with E-state index < -0.39 is 0 Å². The number of carbonyl (C=O) groups is 1. The molecule has 156 valence electrons. The van der Waals surface area contributed by atoms with Crippen molar-refractivity contribution < 1.29 is 4.79 Å². The number of hydrogen-bond acceptors (Lipinski definition) is 2. The lowest BCUT2D eigenvalue weighted by molar-refractivity contribution is -0.125. The first-order valence-corrected chi connectivity index (χ1v) is 11.4. The Kier molecular flexibility index (Phi) is 10.1. The van der Waals surface area contributed by atoms with Gasteiger partial charge in [0, 0.05) is 12.5 Å². The molecule has 0 radical (unpaired) electrons. The van der Waals surface area contributed by atoms with Gasteiger partial charge >= 0.3 is 0 Å². The van der Waals surface area contributed by atoms with Gasteiger partial charge in [-0.3, -0.25) is 4.79 Å². The third kappa shape index (κ3) is 6.65. The Morgan fingerprint density at radius 3 is 2.29 bits per heavy atom. The van der Waals surface area contributed by atoms with E-state index >= 15 is 0 Å². The van der Waals surface area contributed by atoms with E-state index in [-0.39, 0.29) is 11.8 Å². The van der Waals surface area contributed by atoms with E-state index in [1.165, 1.54) is 56.9 Å². The lowest BCUT2D eigenvalue weighted by Gasteiger charge is -2.14. The molecule has 0 atom stereocenters. The molecule has 0 unspecified atom stereocenters. The quantitative estimate of drug-likeness (QED) is 0.392. The highest BCUT2D eigenvalue weighted by Crippen LogP contribution is 2.18. The van der Waals surface area contributed by atoms with Crippen molar-refractivity contribution >= 4 is 16.9 Å². The van der Waals surface area contributed by atoms with E-state index in [0.29, 0.717) is 6.54 Å². The van der Waals surface area contributed by atoms with Crippen LogP contribution in [-0.4, -0.2) is 15.5 Å². The third-order valence-corrected chi connectivity index (χ3v) is 5.75. The predicted octanol–water partition coefficient (Wildman–Crippen LogP) is 6.23. The maximum Gasteiger partial charge on any atom is 0.223 e. The van der Waals surface area contributed by atoms with Crippen LogP contribution in [0.15, 0.2) is 24.3 Å². The van der Waals surface area contributed by atoms with Crippen molar-refractivity contribution in [3.05, 3.63) is 30.1 Å². The second-order valence-corrected chi connectivity index (χ2v) is 7.87. The zero-order chi connectivity index (χ0) is 20.2. The van der Waals surface area contributed by atoms with Crippen LogP contribution in [-0.2, 0) is 17.9 Å². The van der Waals surface area contributed by atoms with Gasteiger partial charge in [0.1, 0.15) is 5.82 Å². The summed E-state index contributed by atoms with van der Waals surface area (Å²) in [5, 5.41) is 3.11. The molecular weight excluding hydrogens is 346 g/mol. The van der Waals surface area contributed by atoms with Gasteiger partial charge in [0.15, 0.2) is 0 Å². The number of fused-ring (bicyclic) bond motifs is 1. The number of amides is 1. The molecule has 1 aromatic carbocycles. The molecule has 28 heavy (non-hydrogen) atoms. The number of unbranched alkanes of at least 4 members (excludes halogenated alkanes) is 7. The fraction of sp³-hybridized carbons (Fsp3) is 0.667. The number of aryl methyl sites for hydroxylation is 1. The van der Waals surface area contributed by atoms with Gasteiger partial charge in [-0.15, -0.1) is 0 Å². The molecule has 0 bridgehead atoms. The number of aromatic nitrogens is 2. The SMILES string of the molecule is CCCCCCCCCCn1c(CNC(=O)C(CC)CC)nc2ccccc21. The van der Waals surface area contributed by atoms with Gasteiger partial charge in [0.25, 0.3) is 0 Å². The van der Waals surface area contributed by atoms with Crippen LogP contribution < -0.4 is 5.32 Å². The Labute approximate surface area is 171 Å². The van der Waals surface area contributed by atoms with E-state index in [1.54, 1.807) is 0 Å². The monoisotopic (exact) mass is 385 g/mol. The summed E-state index contributed by atoms with van der Waals surface area (Å²) in [6.45, 7) is 7.91. The zero-order valence-electron chi connectivity index (χ0n) is 18.2. The maximum absolute atomic E-state index is 12.4. The molecule has 1 heterocycles. The Morgan fingerprint density at radius 2 is 1.61 bits per heavy atom. The van der Waals surface area contributed by atoms with Gasteiger partial charge in [0.05, 0.1) is 17.6 Å². The summed E-state index contributed by atoms with van der Waals surface area (Å²) in [5.41, 5.74) is 2.20. The Bertz CT molecular complexity index is 703. The minimum absolute atomic E-state index is 0.102. The maximum atomic E-state index is 12.4. The van der Waals surface area contributed by atoms with Gasteiger partial charge < -0.3 is 9.88 Å². The summed E-state index contributed by atoms with van der Waals surface area (Å²) in [5.74, 6) is 1.23. The second-order valence-electron chi connectivity index (χ2n) is 7.87. The molecular formula is C24H39N3O. The van der Waals surface area contributed by atoms with Crippen LogP contribution >= 0.6 is 0 Å². The number of hydrogen-bond donors (Lipinski definition) is 1. The van der Waals surface area contributed by atoms with E-state index in [4.69, 9.17) is 4.98 Å².